The third-order valence-corrected chi connectivity index (χ3v) is 3.73. The standard InChI is InChI=1S/C14H9Cl2N3O/c15-11-7-18-19(14(20)12(11)16)8-10-4-1-3-9-5-2-6-17-13(9)10/h1-7H,8H2. The monoisotopic (exact) mass is 305 g/mol. The van der Waals surface area contributed by atoms with Crippen LogP contribution in [-0.2, 0) is 6.54 Å². The molecule has 0 aliphatic rings. The number of nitrogens with zero attached hydrogens (tertiary/aromatic N) is 3. The molecule has 0 amide bonds. The maximum Gasteiger partial charge on any atom is 0.287 e. The molecule has 0 unspecified atom stereocenters. The molecule has 0 aliphatic heterocycles. The van der Waals surface area contributed by atoms with Gasteiger partial charge >= 0.3 is 0 Å². The summed E-state index contributed by atoms with van der Waals surface area (Å²) in [4.78, 5) is 16.3. The summed E-state index contributed by atoms with van der Waals surface area (Å²) in [5, 5.41) is 5.15. The van der Waals surface area contributed by atoms with E-state index in [0.29, 0.717) is 6.54 Å². The number of hydrogen-bond donors (Lipinski definition) is 0. The van der Waals surface area contributed by atoms with Crippen molar-refractivity contribution in [2.45, 2.75) is 6.54 Å². The van der Waals surface area contributed by atoms with Gasteiger partial charge in [0.2, 0.25) is 0 Å². The van der Waals surface area contributed by atoms with E-state index in [1.165, 1.54) is 10.9 Å². The van der Waals surface area contributed by atoms with Crippen molar-refractivity contribution >= 4 is 34.1 Å². The molecule has 0 fully saturated rings. The fraction of sp³-hybridized carbons (Fsp3) is 0.0714. The summed E-state index contributed by atoms with van der Waals surface area (Å²) >= 11 is 11.6. The van der Waals surface area contributed by atoms with Crippen molar-refractivity contribution in [2.24, 2.45) is 0 Å². The molecule has 2 heterocycles. The van der Waals surface area contributed by atoms with Crippen molar-refractivity contribution in [1.82, 2.24) is 14.8 Å². The van der Waals surface area contributed by atoms with Gasteiger partial charge in [-0.2, -0.15) is 5.10 Å². The highest BCUT2D eigenvalue weighted by molar-refractivity contribution is 6.41. The van der Waals surface area contributed by atoms with Gasteiger partial charge in [-0.3, -0.25) is 9.78 Å². The second kappa shape index (κ2) is 5.23. The van der Waals surface area contributed by atoms with Crippen LogP contribution in [0.4, 0.5) is 0 Å². The van der Waals surface area contributed by atoms with E-state index < -0.39 is 5.56 Å². The van der Waals surface area contributed by atoms with Crippen LogP contribution in [-0.4, -0.2) is 14.8 Å². The van der Waals surface area contributed by atoms with Gasteiger partial charge in [-0.1, -0.05) is 47.5 Å². The highest BCUT2D eigenvalue weighted by Gasteiger charge is 2.09. The fourth-order valence-electron chi connectivity index (χ4n) is 2.01. The molecule has 0 aliphatic carbocycles. The van der Waals surface area contributed by atoms with Crippen molar-refractivity contribution in [3.8, 4) is 0 Å². The molecule has 0 radical (unpaired) electrons. The fourth-order valence-corrected chi connectivity index (χ4v) is 2.28. The number of hydrogen-bond acceptors (Lipinski definition) is 3. The third-order valence-electron chi connectivity index (χ3n) is 2.98. The van der Waals surface area contributed by atoms with Crippen LogP contribution in [0.25, 0.3) is 10.9 Å². The highest BCUT2D eigenvalue weighted by Crippen LogP contribution is 2.18. The van der Waals surface area contributed by atoms with Crippen LogP contribution < -0.4 is 5.56 Å². The molecular formula is C14H9Cl2N3O. The van der Waals surface area contributed by atoms with Gasteiger partial charge in [0.15, 0.2) is 0 Å². The molecule has 0 atom stereocenters. The minimum absolute atomic E-state index is 0.0186. The maximum absolute atomic E-state index is 12.0. The molecule has 0 saturated heterocycles. The molecule has 20 heavy (non-hydrogen) atoms. The van der Waals surface area contributed by atoms with Crippen LogP contribution in [0, 0.1) is 0 Å². The third kappa shape index (κ3) is 2.28. The quantitative estimate of drug-likeness (QED) is 0.731. The van der Waals surface area contributed by atoms with E-state index >= 15 is 0 Å². The summed E-state index contributed by atoms with van der Waals surface area (Å²) < 4.78 is 1.28. The number of aromatic nitrogens is 3. The van der Waals surface area contributed by atoms with Gasteiger partial charge in [0.1, 0.15) is 5.02 Å². The van der Waals surface area contributed by atoms with Gasteiger partial charge in [-0.25, -0.2) is 4.68 Å². The largest absolute Gasteiger partial charge is 0.287 e. The summed E-state index contributed by atoms with van der Waals surface area (Å²) in [5.41, 5.74) is 1.33. The van der Waals surface area contributed by atoms with E-state index in [2.05, 4.69) is 10.1 Å². The van der Waals surface area contributed by atoms with Crippen LogP contribution >= 0.6 is 23.2 Å². The Morgan fingerprint density at radius 3 is 2.80 bits per heavy atom. The van der Waals surface area contributed by atoms with E-state index in [4.69, 9.17) is 23.2 Å². The molecule has 0 spiro atoms. The lowest BCUT2D eigenvalue weighted by Gasteiger charge is -2.08. The van der Waals surface area contributed by atoms with Crippen molar-refractivity contribution in [3.63, 3.8) is 0 Å². The van der Waals surface area contributed by atoms with Gasteiger partial charge in [-0.05, 0) is 11.6 Å². The predicted octanol–water partition coefficient (Wildman–Crippen LogP) is 3.15. The molecule has 0 bridgehead atoms. The lowest BCUT2D eigenvalue weighted by Crippen LogP contribution is -2.23. The van der Waals surface area contributed by atoms with Crippen molar-refractivity contribution in [2.75, 3.05) is 0 Å². The van der Waals surface area contributed by atoms with E-state index in [9.17, 15) is 4.79 Å². The van der Waals surface area contributed by atoms with Gasteiger partial charge in [0.25, 0.3) is 5.56 Å². The Labute approximate surface area is 124 Å². The van der Waals surface area contributed by atoms with E-state index in [0.717, 1.165) is 16.5 Å². The van der Waals surface area contributed by atoms with Gasteiger partial charge in [0.05, 0.1) is 23.3 Å². The summed E-state index contributed by atoms with van der Waals surface area (Å²) in [7, 11) is 0. The molecule has 2 aromatic heterocycles. The van der Waals surface area contributed by atoms with Gasteiger partial charge < -0.3 is 0 Å². The number of rotatable bonds is 2. The minimum atomic E-state index is -0.410. The zero-order chi connectivity index (χ0) is 14.1. The molecular weight excluding hydrogens is 297 g/mol. The average molecular weight is 306 g/mol. The van der Waals surface area contributed by atoms with Crippen LogP contribution in [0.1, 0.15) is 5.56 Å². The zero-order valence-electron chi connectivity index (χ0n) is 10.3. The SMILES string of the molecule is O=c1c(Cl)c(Cl)cnn1Cc1cccc2cccnc12. The topological polar surface area (TPSA) is 47.8 Å². The van der Waals surface area contributed by atoms with Crippen LogP contribution in [0.5, 0.6) is 0 Å². The molecule has 3 aromatic rings. The summed E-state index contributed by atoms with van der Waals surface area (Å²) in [6.07, 6.45) is 3.08. The van der Waals surface area contributed by atoms with Crippen molar-refractivity contribution in [1.29, 1.82) is 0 Å². The molecule has 3 rings (SSSR count). The molecule has 4 nitrogen and oxygen atoms in total. The van der Waals surface area contributed by atoms with Crippen LogP contribution in [0.2, 0.25) is 10.0 Å². The first-order chi connectivity index (χ1) is 9.66. The first-order valence-corrected chi connectivity index (χ1v) is 6.66. The highest BCUT2D eigenvalue weighted by atomic mass is 35.5. The zero-order valence-corrected chi connectivity index (χ0v) is 11.8. The summed E-state index contributed by atoms with van der Waals surface area (Å²) in [6, 6.07) is 9.64. The van der Waals surface area contributed by atoms with E-state index in [1.807, 2.05) is 30.3 Å². The molecule has 100 valence electrons. The van der Waals surface area contributed by atoms with E-state index in [-0.39, 0.29) is 10.0 Å². The Morgan fingerprint density at radius 1 is 1.15 bits per heavy atom. The number of benzene rings is 1. The number of fused-ring (bicyclic) bond motifs is 1. The number of pyridine rings is 1. The van der Waals surface area contributed by atoms with Gasteiger partial charge in [-0.15, -0.1) is 0 Å². The van der Waals surface area contributed by atoms with Gasteiger partial charge in [0, 0.05) is 11.6 Å². The van der Waals surface area contributed by atoms with Crippen LogP contribution in [0.3, 0.4) is 0 Å². The predicted molar refractivity (Wildman–Crippen MR) is 79.4 cm³/mol. The van der Waals surface area contributed by atoms with Crippen molar-refractivity contribution in [3.05, 3.63) is 68.7 Å². The first-order valence-electron chi connectivity index (χ1n) is 5.90. The number of para-hydroxylation sites is 1. The number of halogens is 2. The van der Waals surface area contributed by atoms with E-state index in [1.54, 1.807) is 6.20 Å². The molecule has 6 heteroatoms. The lowest BCUT2D eigenvalue weighted by atomic mass is 10.1. The minimum Gasteiger partial charge on any atom is -0.266 e. The Bertz CT molecular complexity index is 840. The maximum atomic E-state index is 12.0. The summed E-state index contributed by atoms with van der Waals surface area (Å²) in [6.45, 7) is 0.296. The average Bonchev–Trinajstić information content (AvgIpc) is 2.48. The molecule has 1 aromatic carbocycles. The Morgan fingerprint density at radius 2 is 1.95 bits per heavy atom. The summed E-state index contributed by atoms with van der Waals surface area (Å²) in [5.74, 6) is 0. The van der Waals surface area contributed by atoms with Crippen LogP contribution in [0.15, 0.2) is 47.5 Å². The Kier molecular flexibility index (Phi) is 3.42. The first kappa shape index (κ1) is 13.1. The Hall–Kier alpha value is -1.91. The van der Waals surface area contributed by atoms with Crippen molar-refractivity contribution < 1.29 is 0 Å². The second-order valence-corrected chi connectivity index (χ2v) is 5.05. The molecule has 0 saturated carbocycles. The molecule has 0 N–H and O–H groups in total. The smallest absolute Gasteiger partial charge is 0.266 e. The lowest BCUT2D eigenvalue weighted by molar-refractivity contribution is 0.641. The Balaban J connectivity index is 2.11. The second-order valence-electron chi connectivity index (χ2n) is 4.26. The normalized spacial score (nSPS) is 10.9.